The van der Waals surface area contributed by atoms with E-state index in [4.69, 9.17) is 0 Å². The van der Waals surface area contributed by atoms with Crippen molar-refractivity contribution < 1.29 is 5.21 Å². The van der Waals surface area contributed by atoms with Crippen LogP contribution in [0, 0.1) is 0 Å². The Kier molecular flexibility index (Phi) is 3.31. The number of para-hydroxylation sites is 2. The molecule has 1 unspecified atom stereocenters. The van der Waals surface area contributed by atoms with Gasteiger partial charge >= 0.3 is 0 Å². The Labute approximate surface area is 112 Å². The number of hydrogen-bond acceptors (Lipinski definition) is 3. The summed E-state index contributed by atoms with van der Waals surface area (Å²) in [5.74, 6) is 0. The molecule has 0 saturated carbocycles. The van der Waals surface area contributed by atoms with E-state index in [1.54, 1.807) is 0 Å². The Morgan fingerprint density at radius 3 is 2.95 bits per heavy atom. The number of rotatable bonds is 1. The van der Waals surface area contributed by atoms with Crippen molar-refractivity contribution in [3.63, 3.8) is 0 Å². The van der Waals surface area contributed by atoms with E-state index in [-0.39, 0.29) is 6.04 Å². The molecule has 1 aromatic carbocycles. The van der Waals surface area contributed by atoms with Crippen LogP contribution < -0.4 is 0 Å². The molecule has 4 heteroatoms. The number of allylic oxidation sites excluding steroid dienone is 2. The minimum atomic E-state index is 0.0994. The maximum atomic E-state index is 9.28. The van der Waals surface area contributed by atoms with E-state index in [1.807, 2.05) is 24.5 Å². The number of fused-ring (bicyclic) bond motifs is 1. The molecule has 1 aromatic heterocycles. The Hall–Kier alpha value is -2.10. The molecule has 98 valence electrons. The standard InChI is InChI=1S/C15H17N3O/c19-17-13-8-3-1-2-4-9-15(13)18-11-16-12-7-5-6-10-14(12)18/h1-2,5-7,10-11,15,19H,3-4,8-9H2/b2-1-,17-13-. The lowest BCUT2D eigenvalue weighted by molar-refractivity contribution is 0.312. The molecule has 0 bridgehead atoms. The van der Waals surface area contributed by atoms with Gasteiger partial charge in [0.1, 0.15) is 0 Å². The van der Waals surface area contributed by atoms with Crippen molar-refractivity contribution >= 4 is 16.7 Å². The average molecular weight is 255 g/mol. The summed E-state index contributed by atoms with van der Waals surface area (Å²) in [5, 5.41) is 12.8. The van der Waals surface area contributed by atoms with Gasteiger partial charge in [0.2, 0.25) is 0 Å². The second-order valence-corrected chi connectivity index (χ2v) is 4.84. The van der Waals surface area contributed by atoms with E-state index in [1.165, 1.54) is 0 Å². The first-order valence-electron chi connectivity index (χ1n) is 6.67. The molecular weight excluding hydrogens is 238 g/mol. The number of benzene rings is 1. The van der Waals surface area contributed by atoms with Gasteiger partial charge in [-0.05, 0) is 37.8 Å². The third-order valence-electron chi connectivity index (χ3n) is 3.67. The zero-order valence-electron chi connectivity index (χ0n) is 10.7. The van der Waals surface area contributed by atoms with Crippen LogP contribution in [0.2, 0.25) is 0 Å². The zero-order valence-corrected chi connectivity index (χ0v) is 10.7. The lowest BCUT2D eigenvalue weighted by Gasteiger charge is -2.21. The quantitative estimate of drug-likeness (QED) is 0.481. The summed E-state index contributed by atoms with van der Waals surface area (Å²) in [4.78, 5) is 4.42. The highest BCUT2D eigenvalue weighted by Gasteiger charge is 2.20. The Bertz CT molecular complexity index is 627. The first kappa shape index (κ1) is 12.0. The first-order valence-corrected chi connectivity index (χ1v) is 6.67. The molecule has 1 heterocycles. The average Bonchev–Trinajstić information content (AvgIpc) is 2.83. The van der Waals surface area contributed by atoms with Crippen LogP contribution in [0.15, 0.2) is 47.9 Å². The van der Waals surface area contributed by atoms with Gasteiger partial charge in [-0.2, -0.15) is 0 Å². The Morgan fingerprint density at radius 2 is 2.05 bits per heavy atom. The SMILES string of the molecule is O/N=C1/CC/C=C\CCC1n1cnc2ccccc21. The van der Waals surface area contributed by atoms with Gasteiger partial charge in [0.15, 0.2) is 0 Å². The van der Waals surface area contributed by atoms with Crippen LogP contribution in [0.3, 0.4) is 0 Å². The highest BCUT2D eigenvalue weighted by Crippen LogP contribution is 2.26. The summed E-state index contributed by atoms with van der Waals surface area (Å²) < 4.78 is 2.13. The van der Waals surface area contributed by atoms with Gasteiger partial charge in [0.25, 0.3) is 0 Å². The van der Waals surface area contributed by atoms with Crippen molar-refractivity contribution in [1.82, 2.24) is 9.55 Å². The minimum Gasteiger partial charge on any atom is -0.411 e. The monoisotopic (exact) mass is 255 g/mol. The number of hydrogen-bond donors (Lipinski definition) is 1. The Morgan fingerprint density at radius 1 is 1.21 bits per heavy atom. The number of aromatic nitrogens is 2. The maximum absolute atomic E-state index is 9.28. The molecule has 1 atom stereocenters. The van der Waals surface area contributed by atoms with E-state index >= 15 is 0 Å². The van der Waals surface area contributed by atoms with E-state index in [9.17, 15) is 5.21 Å². The topological polar surface area (TPSA) is 50.4 Å². The summed E-state index contributed by atoms with van der Waals surface area (Å²) in [6, 6.07) is 8.17. The molecule has 4 nitrogen and oxygen atoms in total. The van der Waals surface area contributed by atoms with Crippen LogP contribution in [0.4, 0.5) is 0 Å². The van der Waals surface area contributed by atoms with Gasteiger partial charge in [-0.25, -0.2) is 4.98 Å². The second-order valence-electron chi connectivity index (χ2n) is 4.84. The Balaban J connectivity index is 2.04. The molecule has 0 aliphatic heterocycles. The summed E-state index contributed by atoms with van der Waals surface area (Å²) >= 11 is 0. The molecule has 1 N–H and O–H groups in total. The molecule has 0 saturated heterocycles. The molecule has 0 radical (unpaired) electrons. The fraction of sp³-hybridized carbons (Fsp3) is 0.333. The number of nitrogens with zero attached hydrogens (tertiary/aromatic N) is 3. The molecule has 0 fully saturated rings. The van der Waals surface area contributed by atoms with Crippen LogP contribution in [0.1, 0.15) is 31.7 Å². The fourth-order valence-electron chi connectivity index (χ4n) is 2.70. The summed E-state index contributed by atoms with van der Waals surface area (Å²) in [6.45, 7) is 0. The van der Waals surface area contributed by atoms with Crippen LogP contribution in [0.5, 0.6) is 0 Å². The van der Waals surface area contributed by atoms with Crippen LogP contribution in [-0.4, -0.2) is 20.5 Å². The maximum Gasteiger partial charge on any atom is 0.0964 e. The molecule has 0 spiro atoms. The highest BCUT2D eigenvalue weighted by molar-refractivity contribution is 5.89. The van der Waals surface area contributed by atoms with Crippen molar-refractivity contribution in [1.29, 1.82) is 0 Å². The number of imidazole rings is 1. The predicted molar refractivity (Wildman–Crippen MR) is 75.6 cm³/mol. The molecular formula is C15H17N3O. The smallest absolute Gasteiger partial charge is 0.0964 e. The van der Waals surface area contributed by atoms with Crippen LogP contribution >= 0.6 is 0 Å². The van der Waals surface area contributed by atoms with Gasteiger partial charge in [-0.15, -0.1) is 0 Å². The lowest BCUT2D eigenvalue weighted by Crippen LogP contribution is -2.20. The normalized spacial score (nSPS) is 24.2. The van der Waals surface area contributed by atoms with Crippen molar-refractivity contribution in [2.24, 2.45) is 5.16 Å². The largest absolute Gasteiger partial charge is 0.411 e. The van der Waals surface area contributed by atoms with Crippen LogP contribution in [0.25, 0.3) is 11.0 Å². The van der Waals surface area contributed by atoms with Gasteiger partial charge in [-0.1, -0.05) is 29.4 Å². The molecule has 1 aliphatic carbocycles. The third kappa shape index (κ3) is 2.26. The van der Waals surface area contributed by atoms with Crippen molar-refractivity contribution in [2.45, 2.75) is 31.7 Å². The van der Waals surface area contributed by atoms with E-state index in [2.05, 4.69) is 32.9 Å². The van der Waals surface area contributed by atoms with E-state index < -0.39 is 0 Å². The van der Waals surface area contributed by atoms with Gasteiger partial charge in [0.05, 0.1) is 29.1 Å². The number of oxime groups is 1. The lowest BCUT2D eigenvalue weighted by atomic mass is 9.98. The predicted octanol–water partition coefficient (Wildman–Crippen LogP) is 3.54. The van der Waals surface area contributed by atoms with Crippen LogP contribution in [-0.2, 0) is 0 Å². The summed E-state index contributed by atoms with van der Waals surface area (Å²) in [5.41, 5.74) is 2.92. The van der Waals surface area contributed by atoms with Crippen molar-refractivity contribution in [3.8, 4) is 0 Å². The van der Waals surface area contributed by atoms with Gasteiger partial charge in [-0.3, -0.25) is 0 Å². The fourth-order valence-corrected chi connectivity index (χ4v) is 2.70. The summed E-state index contributed by atoms with van der Waals surface area (Å²) in [7, 11) is 0. The molecule has 1 aliphatic rings. The highest BCUT2D eigenvalue weighted by atomic mass is 16.4. The molecule has 2 aromatic rings. The van der Waals surface area contributed by atoms with Crippen molar-refractivity contribution in [3.05, 3.63) is 42.7 Å². The van der Waals surface area contributed by atoms with Gasteiger partial charge in [0, 0.05) is 0 Å². The molecule has 3 rings (SSSR count). The zero-order chi connectivity index (χ0) is 13.1. The second kappa shape index (κ2) is 5.26. The minimum absolute atomic E-state index is 0.0994. The third-order valence-corrected chi connectivity index (χ3v) is 3.67. The first-order chi connectivity index (χ1) is 9.40. The van der Waals surface area contributed by atoms with E-state index in [0.717, 1.165) is 42.4 Å². The summed E-state index contributed by atoms with van der Waals surface area (Å²) in [6.07, 6.45) is 9.89. The molecule has 0 amide bonds. The van der Waals surface area contributed by atoms with E-state index in [0.29, 0.717) is 0 Å². The van der Waals surface area contributed by atoms with Crippen molar-refractivity contribution in [2.75, 3.05) is 0 Å². The van der Waals surface area contributed by atoms with Gasteiger partial charge < -0.3 is 9.77 Å². The molecule has 19 heavy (non-hydrogen) atoms.